The number of benzene rings is 1. The molecule has 0 bridgehead atoms. The molecular weight excluding hydrogens is 258 g/mol. The highest BCUT2D eigenvalue weighted by atomic mass is 16.5. The van der Waals surface area contributed by atoms with Crippen LogP contribution in [0.5, 0.6) is 5.75 Å². The van der Waals surface area contributed by atoms with Crippen molar-refractivity contribution in [3.63, 3.8) is 0 Å². The Kier molecular flexibility index (Phi) is 6.81. The van der Waals surface area contributed by atoms with Gasteiger partial charge in [-0.1, -0.05) is 37.1 Å². The molecule has 1 aliphatic carbocycles. The second-order valence-electron chi connectivity index (χ2n) is 5.77. The van der Waals surface area contributed by atoms with Crippen molar-refractivity contribution in [3.05, 3.63) is 41.5 Å². The quantitative estimate of drug-likeness (QED) is 0.711. The second kappa shape index (κ2) is 8.89. The second-order valence-corrected chi connectivity index (χ2v) is 5.77. The normalized spacial score (nSPS) is 17.0. The Hall–Kier alpha value is -1.28. The molecule has 0 heterocycles. The molecule has 0 aromatic heterocycles. The van der Waals surface area contributed by atoms with Gasteiger partial charge in [0.15, 0.2) is 0 Å². The molecule has 2 nitrogen and oxygen atoms in total. The van der Waals surface area contributed by atoms with E-state index in [-0.39, 0.29) is 0 Å². The minimum absolute atomic E-state index is 0.350. The molecule has 0 spiro atoms. The van der Waals surface area contributed by atoms with Gasteiger partial charge in [0.1, 0.15) is 5.75 Å². The van der Waals surface area contributed by atoms with Crippen molar-refractivity contribution in [2.75, 3.05) is 13.2 Å². The first-order chi connectivity index (χ1) is 10.3. The molecule has 1 unspecified atom stereocenters. The van der Waals surface area contributed by atoms with Crippen molar-refractivity contribution in [2.45, 2.75) is 58.4 Å². The molecule has 2 rings (SSSR count). The van der Waals surface area contributed by atoms with Crippen LogP contribution in [0.25, 0.3) is 0 Å². The zero-order valence-corrected chi connectivity index (χ0v) is 13.5. The number of rotatable bonds is 7. The van der Waals surface area contributed by atoms with Crippen molar-refractivity contribution >= 4 is 0 Å². The van der Waals surface area contributed by atoms with Crippen LogP contribution in [0.4, 0.5) is 0 Å². The Morgan fingerprint density at radius 2 is 2.10 bits per heavy atom. The summed E-state index contributed by atoms with van der Waals surface area (Å²) >= 11 is 0. The average Bonchev–Trinajstić information content (AvgIpc) is 2.78. The summed E-state index contributed by atoms with van der Waals surface area (Å²) in [6.45, 7) is 6.04. The molecule has 0 saturated carbocycles. The van der Waals surface area contributed by atoms with E-state index in [4.69, 9.17) is 4.74 Å². The molecule has 1 aromatic carbocycles. The van der Waals surface area contributed by atoms with Gasteiger partial charge in [-0.15, -0.1) is 0 Å². The molecular formula is C19H29NO. The first kappa shape index (κ1) is 16.1. The highest BCUT2D eigenvalue weighted by Gasteiger charge is 2.17. The molecule has 116 valence electrons. The van der Waals surface area contributed by atoms with E-state index >= 15 is 0 Å². The summed E-state index contributed by atoms with van der Waals surface area (Å²) in [7, 11) is 0. The fourth-order valence-electron chi connectivity index (χ4n) is 3.00. The van der Waals surface area contributed by atoms with Crippen LogP contribution in [0.3, 0.4) is 0 Å². The van der Waals surface area contributed by atoms with Crippen LogP contribution < -0.4 is 10.1 Å². The standard InChI is InChI=1S/C19H29NO/c1-3-14-20-19(16-10-7-5-6-8-11-16)17-12-9-13-18(15-17)21-4-2/h9-10,12-13,15,19-20H,3-8,11,14H2,1-2H3. The first-order valence-corrected chi connectivity index (χ1v) is 8.50. The van der Waals surface area contributed by atoms with Gasteiger partial charge in [-0.3, -0.25) is 0 Å². The maximum absolute atomic E-state index is 5.67. The van der Waals surface area contributed by atoms with Crippen molar-refractivity contribution in [1.82, 2.24) is 5.32 Å². The van der Waals surface area contributed by atoms with Gasteiger partial charge in [0, 0.05) is 0 Å². The lowest BCUT2D eigenvalue weighted by molar-refractivity contribution is 0.339. The van der Waals surface area contributed by atoms with E-state index in [1.807, 2.05) is 13.0 Å². The van der Waals surface area contributed by atoms with E-state index in [2.05, 4.69) is 36.5 Å². The number of hydrogen-bond donors (Lipinski definition) is 1. The summed E-state index contributed by atoms with van der Waals surface area (Å²) in [5.74, 6) is 0.979. The van der Waals surface area contributed by atoms with Gasteiger partial charge in [0.05, 0.1) is 12.6 Å². The molecule has 21 heavy (non-hydrogen) atoms. The molecule has 2 heteroatoms. The third-order valence-corrected chi connectivity index (χ3v) is 4.05. The number of nitrogens with one attached hydrogen (secondary N) is 1. The SMILES string of the molecule is CCCNC(C1=CCCCCC1)c1cccc(OCC)c1. The Bertz CT molecular complexity index is 453. The smallest absolute Gasteiger partial charge is 0.119 e. The summed E-state index contributed by atoms with van der Waals surface area (Å²) < 4.78 is 5.67. The van der Waals surface area contributed by atoms with Gasteiger partial charge in [0.25, 0.3) is 0 Å². The van der Waals surface area contributed by atoms with Crippen LogP contribution in [0.2, 0.25) is 0 Å². The van der Waals surface area contributed by atoms with Crippen molar-refractivity contribution in [1.29, 1.82) is 0 Å². The highest BCUT2D eigenvalue weighted by Crippen LogP contribution is 2.30. The number of hydrogen-bond acceptors (Lipinski definition) is 2. The van der Waals surface area contributed by atoms with Crippen LogP contribution >= 0.6 is 0 Å². The van der Waals surface area contributed by atoms with Crippen LogP contribution in [0.1, 0.15) is 64.0 Å². The van der Waals surface area contributed by atoms with Gasteiger partial charge in [0.2, 0.25) is 0 Å². The molecule has 1 aromatic rings. The fourth-order valence-corrected chi connectivity index (χ4v) is 3.00. The minimum Gasteiger partial charge on any atom is -0.494 e. The van der Waals surface area contributed by atoms with Crippen LogP contribution in [-0.2, 0) is 0 Å². The lowest BCUT2D eigenvalue weighted by atomic mass is 9.94. The maximum atomic E-state index is 5.67. The third-order valence-electron chi connectivity index (χ3n) is 4.05. The number of ether oxygens (including phenoxy) is 1. The summed E-state index contributed by atoms with van der Waals surface area (Å²) in [5, 5.41) is 3.73. The zero-order valence-electron chi connectivity index (χ0n) is 13.5. The van der Waals surface area contributed by atoms with Crippen molar-refractivity contribution in [2.24, 2.45) is 0 Å². The fraction of sp³-hybridized carbons (Fsp3) is 0.579. The maximum Gasteiger partial charge on any atom is 0.119 e. The van der Waals surface area contributed by atoms with Crippen LogP contribution in [0, 0.1) is 0 Å². The van der Waals surface area contributed by atoms with Gasteiger partial charge in [-0.2, -0.15) is 0 Å². The van der Waals surface area contributed by atoms with Crippen LogP contribution in [-0.4, -0.2) is 13.2 Å². The first-order valence-electron chi connectivity index (χ1n) is 8.50. The van der Waals surface area contributed by atoms with Gasteiger partial charge in [-0.25, -0.2) is 0 Å². The van der Waals surface area contributed by atoms with Crippen LogP contribution in [0.15, 0.2) is 35.9 Å². The lowest BCUT2D eigenvalue weighted by Gasteiger charge is -2.23. The van der Waals surface area contributed by atoms with Gasteiger partial charge >= 0.3 is 0 Å². The lowest BCUT2D eigenvalue weighted by Crippen LogP contribution is -2.24. The topological polar surface area (TPSA) is 21.3 Å². The molecule has 0 radical (unpaired) electrons. The summed E-state index contributed by atoms with van der Waals surface area (Å²) in [5.41, 5.74) is 2.90. The predicted molar refractivity (Wildman–Crippen MR) is 89.8 cm³/mol. The average molecular weight is 287 g/mol. The highest BCUT2D eigenvalue weighted by molar-refractivity contribution is 5.35. The predicted octanol–water partition coefficient (Wildman–Crippen LogP) is 5.02. The molecule has 0 saturated heterocycles. The monoisotopic (exact) mass is 287 g/mol. The Labute approximate surface area is 129 Å². The zero-order chi connectivity index (χ0) is 14.9. The molecule has 1 N–H and O–H groups in total. The molecule has 0 fully saturated rings. The van der Waals surface area contributed by atoms with Crippen molar-refractivity contribution in [3.8, 4) is 5.75 Å². The molecule has 0 aliphatic heterocycles. The van der Waals surface area contributed by atoms with Gasteiger partial charge in [-0.05, 0) is 63.3 Å². The molecule has 1 atom stereocenters. The Morgan fingerprint density at radius 1 is 1.19 bits per heavy atom. The molecule has 0 amide bonds. The van der Waals surface area contributed by atoms with E-state index in [9.17, 15) is 0 Å². The van der Waals surface area contributed by atoms with E-state index in [0.717, 1.165) is 25.3 Å². The van der Waals surface area contributed by atoms with E-state index < -0.39 is 0 Å². The van der Waals surface area contributed by atoms with E-state index in [0.29, 0.717) is 6.04 Å². The largest absolute Gasteiger partial charge is 0.494 e. The Balaban J connectivity index is 2.21. The minimum atomic E-state index is 0.350. The van der Waals surface area contributed by atoms with E-state index in [1.54, 1.807) is 5.57 Å². The molecule has 1 aliphatic rings. The summed E-state index contributed by atoms with van der Waals surface area (Å²) in [4.78, 5) is 0. The number of allylic oxidation sites excluding steroid dienone is 1. The summed E-state index contributed by atoms with van der Waals surface area (Å²) in [6.07, 6.45) is 10.1. The third kappa shape index (κ3) is 4.89. The summed E-state index contributed by atoms with van der Waals surface area (Å²) in [6, 6.07) is 8.93. The van der Waals surface area contributed by atoms with E-state index in [1.165, 1.54) is 37.7 Å². The van der Waals surface area contributed by atoms with Crippen molar-refractivity contribution < 1.29 is 4.74 Å². The Morgan fingerprint density at radius 3 is 2.90 bits per heavy atom. The van der Waals surface area contributed by atoms with Gasteiger partial charge < -0.3 is 10.1 Å².